The molecule has 0 atom stereocenters. The number of anilines is 5. The van der Waals surface area contributed by atoms with Gasteiger partial charge in [-0.2, -0.15) is 23.7 Å². The number of nitrogens with zero attached hydrogens (tertiary/aromatic N) is 3. The summed E-state index contributed by atoms with van der Waals surface area (Å²) in [4.78, 5) is 65.0. The summed E-state index contributed by atoms with van der Waals surface area (Å²) in [7, 11) is -5.91. The van der Waals surface area contributed by atoms with Gasteiger partial charge in [0.15, 0.2) is 0 Å². The summed E-state index contributed by atoms with van der Waals surface area (Å²) in [5, 5.41) is 38.3. The van der Waals surface area contributed by atoms with Gasteiger partial charge in [0.05, 0.1) is 46.6 Å². The predicted molar refractivity (Wildman–Crippen MR) is 334 cm³/mol. The molecule has 4 amide bonds. The van der Waals surface area contributed by atoms with E-state index in [1.807, 2.05) is 0 Å². The van der Waals surface area contributed by atoms with Crippen LogP contribution < -0.4 is 41.3 Å². The number of hydrazone groups is 1. The summed E-state index contributed by atoms with van der Waals surface area (Å²) in [6, 6.07) is 48.3. The van der Waals surface area contributed by atoms with Gasteiger partial charge in [-0.25, -0.2) is 8.42 Å². The largest absolute Gasteiger partial charge is 2.00 e. The monoisotopic (exact) mass is 1260 g/mol. The fourth-order valence-electron chi connectivity index (χ4n) is 8.70. The number of carbonyl (C=O) groups excluding carboxylic acids is 5. The summed E-state index contributed by atoms with van der Waals surface area (Å²) in [5.74, 6) is -2.18. The van der Waals surface area contributed by atoms with Crippen molar-refractivity contribution in [1.82, 2.24) is 0 Å². The molecule has 0 aromatic heterocycles. The maximum absolute atomic E-state index is 13.6. The second kappa shape index (κ2) is 28.3. The Morgan fingerprint density at radius 2 is 1.04 bits per heavy atom. The smallest absolute Gasteiger partial charge is 0.870 e. The number of hydrogen-bond donors (Lipinski definition) is 6. The van der Waals surface area contributed by atoms with Crippen LogP contribution in [0.3, 0.4) is 0 Å². The third-order valence-corrected chi connectivity index (χ3v) is 15.2. The van der Waals surface area contributed by atoms with E-state index in [1.165, 1.54) is 68.8 Å². The van der Waals surface area contributed by atoms with Crippen molar-refractivity contribution in [3.05, 3.63) is 233 Å². The number of azo groups is 1. The van der Waals surface area contributed by atoms with Gasteiger partial charge in [0.1, 0.15) is 27.3 Å². The summed E-state index contributed by atoms with van der Waals surface area (Å²) in [6.45, 7) is 3.55. The molecular weight excluding hydrogens is 1210 g/mol. The van der Waals surface area contributed by atoms with Crippen LogP contribution in [0.25, 0.3) is 16.8 Å². The standard InChI is InChI=1S/2C32H26N4O7S.Ca/c2*1-19-7-8-21(31(38)33-23-11-15-25(16-12-23)44(40,41)42)18-28(19)35-36-29-26-6-4-3-5-20(26)17-27(30(29)37)32(39)34-22-9-13-24(43-2)14-10-22;/h3-18,37H,1-2H3,(H,33,38)(H,34,39)(H,40,41,42);3-18,35H,1-2H3,(H,33,38)(H,34,39)(H,40,41,42);/q;;+2/p-2. The van der Waals surface area contributed by atoms with Gasteiger partial charge >= 0.3 is 37.7 Å². The predicted octanol–water partition coefficient (Wildman–Crippen LogP) is 10.6. The van der Waals surface area contributed by atoms with Gasteiger partial charge in [-0.1, -0.05) is 66.4 Å². The molecule has 89 heavy (non-hydrogen) atoms. The summed E-state index contributed by atoms with van der Waals surface area (Å²) >= 11 is 0. The molecule has 0 aliphatic heterocycles. The van der Waals surface area contributed by atoms with Crippen LogP contribution in [0.5, 0.6) is 17.2 Å². The van der Waals surface area contributed by atoms with Crippen molar-refractivity contribution >= 4 is 150 Å². The Labute approximate surface area is 539 Å². The van der Waals surface area contributed by atoms with Gasteiger partial charge in [0, 0.05) is 50.4 Å². The van der Waals surface area contributed by atoms with Crippen molar-refractivity contribution in [2.24, 2.45) is 15.3 Å². The van der Waals surface area contributed by atoms with Crippen LogP contribution >= 0.6 is 0 Å². The van der Waals surface area contributed by atoms with E-state index < -0.39 is 60.3 Å². The number of ketones is 1. The van der Waals surface area contributed by atoms with Gasteiger partial charge in [-0.3, -0.25) is 34.0 Å². The van der Waals surface area contributed by atoms with Crippen LogP contribution in [0.2, 0.25) is 0 Å². The first-order chi connectivity index (χ1) is 42.1. The van der Waals surface area contributed by atoms with Gasteiger partial charge in [-0.05, 0) is 169 Å². The SMILES string of the molecule is COc1ccc(NC(=O)C2=Cc3ccccc3C(=NNc3cc(C(=O)Nc4ccc(S(=O)(=O)O)cc4)ccc3C)C2=O)cc1.COc1ccc(NC(=O)c2cc3ccccc3c(N=Nc3cc(C(=O)Nc4ccc(S(=O)(=O)[O-])cc4)ccc3C)c2[O-])cc1.[Ca+2]. The molecule has 10 rings (SSSR count). The Balaban J connectivity index is 0.000000228. The molecule has 1 aliphatic rings. The summed E-state index contributed by atoms with van der Waals surface area (Å²) in [6.07, 6.45) is 1.52. The molecule has 0 radical (unpaired) electrons. The molecule has 25 heteroatoms. The zero-order valence-corrected chi connectivity index (χ0v) is 51.4. The Morgan fingerprint density at radius 3 is 1.61 bits per heavy atom. The van der Waals surface area contributed by atoms with Crippen LogP contribution in [0.15, 0.2) is 219 Å². The number of rotatable bonds is 16. The maximum atomic E-state index is 13.6. The molecule has 9 aromatic carbocycles. The number of carbonyl (C=O) groups is 5. The number of benzene rings is 9. The van der Waals surface area contributed by atoms with E-state index in [9.17, 15) is 50.5 Å². The molecule has 1 aliphatic carbocycles. The molecule has 0 bridgehead atoms. The zero-order valence-electron chi connectivity index (χ0n) is 47.6. The number of ether oxygens (including phenoxy) is 2. The Kier molecular flexibility index (Phi) is 20.7. The van der Waals surface area contributed by atoms with Crippen LogP contribution in [0.4, 0.5) is 39.8 Å². The molecule has 444 valence electrons. The van der Waals surface area contributed by atoms with E-state index in [-0.39, 0.29) is 82.0 Å². The number of fused-ring (bicyclic) bond motifs is 2. The Morgan fingerprint density at radius 1 is 0.551 bits per heavy atom. The molecule has 0 saturated carbocycles. The minimum atomic E-state index is -4.62. The van der Waals surface area contributed by atoms with Crippen LogP contribution in [-0.2, 0) is 29.8 Å². The maximum Gasteiger partial charge on any atom is 2.00 e. The molecule has 0 unspecified atom stereocenters. The number of aryl methyl sites for hydroxylation is 2. The van der Waals surface area contributed by atoms with Gasteiger partial charge in [-0.15, -0.1) is 0 Å². The summed E-state index contributed by atoms with van der Waals surface area (Å²) in [5.41, 5.74) is 7.99. The first kappa shape index (κ1) is 65.1. The first-order valence-electron chi connectivity index (χ1n) is 26.3. The molecule has 0 heterocycles. The van der Waals surface area contributed by atoms with Gasteiger partial charge in [0.25, 0.3) is 33.7 Å². The van der Waals surface area contributed by atoms with E-state index in [2.05, 4.69) is 42.0 Å². The van der Waals surface area contributed by atoms with Crippen molar-refractivity contribution in [1.29, 1.82) is 0 Å². The first-order valence-corrected chi connectivity index (χ1v) is 29.1. The molecular formula is C64H50CaN8O14S2. The normalized spacial score (nSPS) is 12.3. The topological polar surface area (TPSA) is 336 Å². The Bertz CT molecular complexity index is 4560. The molecule has 9 aromatic rings. The van der Waals surface area contributed by atoms with Crippen molar-refractivity contribution in [2.45, 2.75) is 23.6 Å². The third kappa shape index (κ3) is 16.0. The molecule has 0 spiro atoms. The number of Topliss-reactive ketones (excluding diaryl/α,β-unsaturated/α-hetero) is 1. The van der Waals surface area contributed by atoms with Crippen LogP contribution in [0, 0.1) is 13.8 Å². The van der Waals surface area contributed by atoms with Crippen LogP contribution in [-0.4, -0.2) is 113 Å². The second-order valence-electron chi connectivity index (χ2n) is 19.4. The molecule has 0 fully saturated rings. The van der Waals surface area contributed by atoms with Gasteiger partial charge in [0.2, 0.25) is 5.78 Å². The van der Waals surface area contributed by atoms with Crippen molar-refractivity contribution in [3.8, 4) is 17.2 Å². The molecule has 22 nitrogen and oxygen atoms in total. The number of methoxy groups -OCH3 is 2. The van der Waals surface area contributed by atoms with Crippen LogP contribution in [0.1, 0.15) is 53.3 Å². The summed E-state index contributed by atoms with van der Waals surface area (Å²) < 4.78 is 75.4. The fraction of sp³-hybridized carbons (Fsp3) is 0.0625. The van der Waals surface area contributed by atoms with Crippen molar-refractivity contribution < 1.29 is 64.5 Å². The average Bonchev–Trinajstić information content (AvgIpc) is 1.36. The minimum Gasteiger partial charge on any atom is -0.870 e. The van der Waals surface area contributed by atoms with E-state index in [4.69, 9.17) is 14.0 Å². The fourth-order valence-corrected chi connectivity index (χ4v) is 9.65. The zero-order chi connectivity index (χ0) is 62.9. The van der Waals surface area contributed by atoms with Crippen molar-refractivity contribution in [2.75, 3.05) is 40.9 Å². The average molecular weight is 1260 g/mol. The van der Waals surface area contributed by atoms with Gasteiger partial charge < -0.3 is 40.4 Å². The van der Waals surface area contributed by atoms with E-state index >= 15 is 0 Å². The van der Waals surface area contributed by atoms with Crippen molar-refractivity contribution in [3.63, 3.8) is 0 Å². The Hall–Kier alpha value is -9.92. The third-order valence-electron chi connectivity index (χ3n) is 13.5. The molecule has 0 saturated heterocycles. The van der Waals surface area contributed by atoms with E-state index in [0.29, 0.717) is 67.4 Å². The molecule has 6 N–H and O–H groups in total. The minimum absolute atomic E-state index is 0. The number of hydrogen-bond acceptors (Lipinski definition) is 17. The second-order valence-corrected chi connectivity index (χ2v) is 22.2. The number of amides is 4. The number of nitrogens with one attached hydrogen (secondary N) is 5. The quantitative estimate of drug-likeness (QED) is 0.0172. The van der Waals surface area contributed by atoms with E-state index in [1.54, 1.807) is 141 Å². The van der Waals surface area contributed by atoms with E-state index in [0.717, 1.165) is 17.7 Å².